The lowest BCUT2D eigenvalue weighted by Gasteiger charge is -2.32. The molecular weight excluding hydrogens is 277 g/mol. The van der Waals surface area contributed by atoms with Crippen LogP contribution in [0, 0.1) is 5.82 Å². The summed E-state index contributed by atoms with van der Waals surface area (Å²) in [6.45, 7) is 0. The molecule has 1 aromatic heterocycles. The Morgan fingerprint density at radius 3 is 2.80 bits per heavy atom. The maximum Gasteiger partial charge on any atom is 0.139 e. The van der Waals surface area contributed by atoms with Gasteiger partial charge in [-0.3, -0.25) is 4.21 Å². The molecule has 1 aliphatic heterocycles. The Bertz CT molecular complexity index is 654. The summed E-state index contributed by atoms with van der Waals surface area (Å²) < 4.78 is 24.9. The van der Waals surface area contributed by atoms with E-state index in [-0.39, 0.29) is 5.82 Å². The third kappa shape index (κ3) is 2.52. The predicted octanol–water partition coefficient (Wildman–Crippen LogP) is 2.12. The number of halogens is 1. The molecule has 20 heavy (non-hydrogen) atoms. The highest BCUT2D eigenvalue weighted by Crippen LogP contribution is 2.27. The molecule has 1 fully saturated rings. The second-order valence-electron chi connectivity index (χ2n) is 5.05. The molecule has 0 aliphatic carbocycles. The van der Waals surface area contributed by atoms with Crippen LogP contribution < -0.4 is 4.90 Å². The molecule has 3 rings (SSSR count). The molecule has 0 spiro atoms. The van der Waals surface area contributed by atoms with Gasteiger partial charge in [0.1, 0.15) is 18.0 Å². The molecule has 0 unspecified atom stereocenters. The van der Waals surface area contributed by atoms with E-state index >= 15 is 0 Å². The standard InChI is InChI=1S/C14H16FN3OS/c1-18(11-4-6-20(19)7-5-11)14-12-8-10(15)2-3-13(12)16-9-17-14/h2-3,8-9,11H,4-7H2,1H3. The third-order valence-corrected chi connectivity index (χ3v) is 5.20. The number of rotatable bonds is 2. The molecule has 2 heterocycles. The van der Waals surface area contributed by atoms with Crippen LogP contribution in [-0.2, 0) is 10.8 Å². The van der Waals surface area contributed by atoms with E-state index in [9.17, 15) is 8.60 Å². The highest BCUT2D eigenvalue weighted by molar-refractivity contribution is 7.85. The number of benzene rings is 1. The fourth-order valence-electron chi connectivity index (χ4n) is 2.64. The Labute approximate surface area is 119 Å². The second-order valence-corrected chi connectivity index (χ2v) is 6.75. The zero-order valence-corrected chi connectivity index (χ0v) is 12.1. The summed E-state index contributed by atoms with van der Waals surface area (Å²) in [7, 11) is 1.28. The number of nitrogens with zero attached hydrogens (tertiary/aromatic N) is 3. The van der Waals surface area contributed by atoms with E-state index in [2.05, 4.69) is 14.9 Å². The van der Waals surface area contributed by atoms with Crippen LogP contribution >= 0.6 is 0 Å². The first kappa shape index (κ1) is 13.4. The van der Waals surface area contributed by atoms with Crippen molar-refractivity contribution in [2.45, 2.75) is 18.9 Å². The first-order valence-electron chi connectivity index (χ1n) is 6.63. The second kappa shape index (κ2) is 5.44. The Kier molecular flexibility index (Phi) is 3.65. The van der Waals surface area contributed by atoms with Crippen LogP contribution in [0.25, 0.3) is 10.9 Å². The average molecular weight is 293 g/mol. The maximum absolute atomic E-state index is 13.5. The van der Waals surface area contributed by atoms with E-state index < -0.39 is 10.8 Å². The molecule has 0 radical (unpaired) electrons. The van der Waals surface area contributed by atoms with Crippen molar-refractivity contribution >= 4 is 27.5 Å². The quantitative estimate of drug-likeness (QED) is 0.851. The normalized spacial score (nSPS) is 22.9. The minimum Gasteiger partial charge on any atom is -0.356 e. The van der Waals surface area contributed by atoms with Crippen LogP contribution in [0.1, 0.15) is 12.8 Å². The van der Waals surface area contributed by atoms with Gasteiger partial charge in [0.2, 0.25) is 0 Å². The number of fused-ring (bicyclic) bond motifs is 1. The molecule has 6 heteroatoms. The van der Waals surface area contributed by atoms with Gasteiger partial charge in [0, 0.05) is 40.8 Å². The van der Waals surface area contributed by atoms with E-state index in [0.29, 0.717) is 6.04 Å². The lowest BCUT2D eigenvalue weighted by atomic mass is 10.1. The topological polar surface area (TPSA) is 46.1 Å². The monoisotopic (exact) mass is 293 g/mol. The number of anilines is 1. The largest absolute Gasteiger partial charge is 0.356 e. The Morgan fingerprint density at radius 2 is 2.05 bits per heavy atom. The summed E-state index contributed by atoms with van der Waals surface area (Å²) in [5.74, 6) is 1.91. The van der Waals surface area contributed by atoms with Gasteiger partial charge in [0.25, 0.3) is 0 Å². The predicted molar refractivity (Wildman–Crippen MR) is 78.8 cm³/mol. The van der Waals surface area contributed by atoms with Gasteiger partial charge in [-0.15, -0.1) is 0 Å². The van der Waals surface area contributed by atoms with Crippen molar-refractivity contribution in [2.24, 2.45) is 0 Å². The number of aromatic nitrogens is 2. The van der Waals surface area contributed by atoms with Gasteiger partial charge in [-0.25, -0.2) is 14.4 Å². The van der Waals surface area contributed by atoms with Crippen molar-refractivity contribution in [2.75, 3.05) is 23.5 Å². The van der Waals surface area contributed by atoms with Crippen molar-refractivity contribution in [3.63, 3.8) is 0 Å². The van der Waals surface area contributed by atoms with E-state index in [1.165, 1.54) is 18.5 Å². The van der Waals surface area contributed by atoms with Crippen molar-refractivity contribution in [3.05, 3.63) is 30.3 Å². The molecule has 1 saturated heterocycles. The summed E-state index contributed by atoms with van der Waals surface area (Å²) in [5, 5.41) is 0.724. The highest BCUT2D eigenvalue weighted by Gasteiger charge is 2.23. The van der Waals surface area contributed by atoms with Crippen LogP contribution in [0.15, 0.2) is 24.5 Å². The summed E-state index contributed by atoms with van der Waals surface area (Å²) in [4.78, 5) is 10.6. The molecule has 0 saturated carbocycles. The fourth-order valence-corrected chi connectivity index (χ4v) is 3.91. The van der Waals surface area contributed by atoms with Crippen LogP contribution in [0.5, 0.6) is 0 Å². The third-order valence-electron chi connectivity index (χ3n) is 3.82. The molecule has 1 aromatic carbocycles. The highest BCUT2D eigenvalue weighted by atomic mass is 32.2. The molecule has 0 amide bonds. The van der Waals surface area contributed by atoms with Gasteiger partial charge in [0.15, 0.2) is 0 Å². The molecular formula is C14H16FN3OS. The molecule has 1 aliphatic rings. The van der Waals surface area contributed by atoms with E-state index in [0.717, 1.165) is 41.1 Å². The average Bonchev–Trinajstić information content (AvgIpc) is 2.46. The first-order valence-corrected chi connectivity index (χ1v) is 8.12. The molecule has 106 valence electrons. The number of hydrogen-bond donors (Lipinski definition) is 0. The Morgan fingerprint density at radius 1 is 1.30 bits per heavy atom. The maximum atomic E-state index is 13.5. The zero-order valence-electron chi connectivity index (χ0n) is 11.3. The van der Waals surface area contributed by atoms with Crippen molar-refractivity contribution in [1.82, 2.24) is 9.97 Å². The minimum atomic E-state index is -0.684. The number of hydrogen-bond acceptors (Lipinski definition) is 4. The SMILES string of the molecule is CN(c1ncnc2ccc(F)cc12)C1CCS(=O)CC1. The van der Waals surface area contributed by atoms with Crippen LogP contribution in [0.4, 0.5) is 10.2 Å². The van der Waals surface area contributed by atoms with E-state index in [4.69, 9.17) is 0 Å². The van der Waals surface area contributed by atoms with Crippen LogP contribution in [-0.4, -0.2) is 38.8 Å². The summed E-state index contributed by atoms with van der Waals surface area (Å²) >= 11 is 0. The Hall–Kier alpha value is -1.56. The van der Waals surface area contributed by atoms with E-state index in [1.54, 1.807) is 6.07 Å². The Balaban J connectivity index is 1.96. The lowest BCUT2D eigenvalue weighted by molar-refractivity contribution is 0.567. The van der Waals surface area contributed by atoms with Gasteiger partial charge >= 0.3 is 0 Å². The lowest BCUT2D eigenvalue weighted by Crippen LogP contribution is -2.38. The van der Waals surface area contributed by atoms with Crippen molar-refractivity contribution < 1.29 is 8.60 Å². The fraction of sp³-hybridized carbons (Fsp3) is 0.429. The van der Waals surface area contributed by atoms with Gasteiger partial charge < -0.3 is 4.90 Å². The van der Waals surface area contributed by atoms with Gasteiger partial charge in [-0.05, 0) is 31.0 Å². The van der Waals surface area contributed by atoms with Gasteiger partial charge in [-0.1, -0.05) is 0 Å². The van der Waals surface area contributed by atoms with Gasteiger partial charge in [0.05, 0.1) is 5.52 Å². The van der Waals surface area contributed by atoms with Crippen molar-refractivity contribution in [3.8, 4) is 0 Å². The van der Waals surface area contributed by atoms with Crippen LogP contribution in [0.3, 0.4) is 0 Å². The summed E-state index contributed by atoms with van der Waals surface area (Å²) in [6, 6.07) is 4.85. The summed E-state index contributed by atoms with van der Waals surface area (Å²) in [5.41, 5.74) is 0.739. The zero-order chi connectivity index (χ0) is 14.1. The first-order chi connectivity index (χ1) is 9.65. The summed E-state index contributed by atoms with van der Waals surface area (Å²) in [6.07, 6.45) is 3.26. The molecule has 0 N–H and O–H groups in total. The molecule has 0 atom stereocenters. The van der Waals surface area contributed by atoms with E-state index in [1.807, 2.05) is 7.05 Å². The minimum absolute atomic E-state index is 0.285. The van der Waals surface area contributed by atoms with Gasteiger partial charge in [-0.2, -0.15) is 0 Å². The smallest absolute Gasteiger partial charge is 0.139 e. The van der Waals surface area contributed by atoms with Crippen LogP contribution in [0.2, 0.25) is 0 Å². The molecule has 0 bridgehead atoms. The molecule has 2 aromatic rings. The van der Waals surface area contributed by atoms with Crippen molar-refractivity contribution in [1.29, 1.82) is 0 Å². The molecule has 4 nitrogen and oxygen atoms in total.